The first-order valence-corrected chi connectivity index (χ1v) is 12.1. The fraction of sp³-hybridized carbons (Fsp3) is 0.462. The Kier molecular flexibility index (Phi) is 5.93. The highest BCUT2D eigenvalue weighted by Gasteiger charge is 2.33. The van der Waals surface area contributed by atoms with Gasteiger partial charge in [0.05, 0.1) is 17.7 Å². The molecule has 0 aliphatic carbocycles. The molecule has 0 radical (unpaired) electrons. The van der Waals surface area contributed by atoms with Crippen LogP contribution in [0.25, 0.3) is 21.8 Å². The van der Waals surface area contributed by atoms with E-state index in [1.165, 1.54) is 16.7 Å². The van der Waals surface area contributed by atoms with Crippen molar-refractivity contribution < 1.29 is 9.53 Å². The molecule has 3 heterocycles. The lowest BCUT2D eigenvalue weighted by atomic mass is 9.91. The highest BCUT2D eigenvalue weighted by atomic mass is 32.1. The van der Waals surface area contributed by atoms with Crippen LogP contribution in [0.1, 0.15) is 56.4 Å². The molecule has 0 spiro atoms. The molecule has 1 aromatic carbocycles. The number of carbonyl (C=O) groups excluding carboxylic acids is 1. The van der Waals surface area contributed by atoms with E-state index in [9.17, 15) is 4.79 Å². The topological polar surface area (TPSA) is 47.4 Å². The van der Waals surface area contributed by atoms with Gasteiger partial charge in [0.1, 0.15) is 11.4 Å². The number of imidazole rings is 1. The first-order chi connectivity index (χ1) is 15.1. The van der Waals surface area contributed by atoms with Crippen LogP contribution in [0.15, 0.2) is 29.6 Å². The summed E-state index contributed by atoms with van der Waals surface area (Å²) in [6, 6.07) is 8.57. The van der Waals surface area contributed by atoms with Crippen molar-refractivity contribution in [3.8, 4) is 27.6 Å². The number of benzene rings is 1. The normalized spacial score (nSPS) is 13.1. The first-order valence-electron chi connectivity index (χ1n) is 11.2. The van der Waals surface area contributed by atoms with Gasteiger partial charge < -0.3 is 14.2 Å². The minimum Gasteiger partial charge on any atom is -0.496 e. The summed E-state index contributed by atoms with van der Waals surface area (Å²) in [6.07, 6.45) is 1.79. The molecule has 6 heteroatoms. The Labute approximate surface area is 195 Å². The van der Waals surface area contributed by atoms with Gasteiger partial charge in [-0.3, -0.25) is 4.79 Å². The largest absolute Gasteiger partial charge is 0.496 e. The summed E-state index contributed by atoms with van der Waals surface area (Å²) in [5.41, 5.74) is 5.28. The lowest BCUT2D eigenvalue weighted by Crippen LogP contribution is -2.43. The number of nitrogens with zero attached hydrogens (tertiary/aromatic N) is 3. The van der Waals surface area contributed by atoms with E-state index in [0.717, 1.165) is 41.4 Å². The summed E-state index contributed by atoms with van der Waals surface area (Å²) >= 11 is 1.66. The summed E-state index contributed by atoms with van der Waals surface area (Å²) in [6.45, 7) is 11.3. The quantitative estimate of drug-likeness (QED) is 0.484. The summed E-state index contributed by atoms with van der Waals surface area (Å²) in [5.74, 6) is 1.95. The minimum absolute atomic E-state index is 0.0408. The number of methoxy groups -OCH3 is 1. The van der Waals surface area contributed by atoms with Crippen LogP contribution in [0, 0.1) is 5.92 Å². The minimum atomic E-state index is -0.281. The van der Waals surface area contributed by atoms with Crippen LogP contribution in [-0.2, 0) is 19.4 Å². The molecule has 0 atom stereocenters. The van der Waals surface area contributed by atoms with E-state index in [2.05, 4.69) is 42.0 Å². The van der Waals surface area contributed by atoms with Gasteiger partial charge in [-0.1, -0.05) is 19.9 Å². The molecule has 0 N–H and O–H groups in total. The van der Waals surface area contributed by atoms with E-state index in [4.69, 9.17) is 9.72 Å². The van der Waals surface area contributed by atoms with Crippen molar-refractivity contribution >= 4 is 17.2 Å². The monoisotopic (exact) mass is 451 g/mol. The lowest BCUT2D eigenvalue weighted by Gasteiger charge is -2.32. The van der Waals surface area contributed by atoms with Crippen molar-refractivity contribution in [2.24, 2.45) is 5.92 Å². The van der Waals surface area contributed by atoms with Crippen molar-refractivity contribution in [1.82, 2.24) is 14.5 Å². The standard InChI is InChI=1S/C26H33N3O2S/c1-16(2)13-18-14-19-17(15-20(18)31-7)10-11-29-23(19)22(21-9-8-12-32-21)27-24(29)25(30)28(6)26(3,4)5/h8-9,12,14-16H,10-11,13H2,1-7H3. The number of hydrogen-bond acceptors (Lipinski definition) is 4. The Hall–Kier alpha value is -2.60. The van der Waals surface area contributed by atoms with Crippen molar-refractivity contribution in [3.63, 3.8) is 0 Å². The van der Waals surface area contributed by atoms with Crippen molar-refractivity contribution in [3.05, 3.63) is 46.6 Å². The van der Waals surface area contributed by atoms with Crippen molar-refractivity contribution in [2.75, 3.05) is 14.2 Å². The Morgan fingerprint density at radius 2 is 2.06 bits per heavy atom. The molecule has 1 aliphatic heterocycles. The van der Waals surface area contributed by atoms with Gasteiger partial charge >= 0.3 is 0 Å². The number of ether oxygens (including phenoxy) is 1. The molecule has 2 aromatic heterocycles. The molecular weight excluding hydrogens is 418 g/mol. The molecule has 4 rings (SSSR count). The van der Waals surface area contributed by atoms with Crippen LogP contribution in [0.2, 0.25) is 0 Å². The predicted molar refractivity (Wildman–Crippen MR) is 132 cm³/mol. The van der Waals surface area contributed by atoms with Crippen LogP contribution in [0.3, 0.4) is 0 Å². The smallest absolute Gasteiger partial charge is 0.290 e. The molecule has 32 heavy (non-hydrogen) atoms. The third-order valence-corrected chi connectivity index (χ3v) is 7.10. The second-order valence-electron chi connectivity index (χ2n) is 9.97. The van der Waals surface area contributed by atoms with Crippen LogP contribution in [0.5, 0.6) is 5.75 Å². The second kappa shape index (κ2) is 8.39. The zero-order chi connectivity index (χ0) is 23.2. The molecule has 0 unspecified atom stereocenters. The highest BCUT2D eigenvalue weighted by Crippen LogP contribution is 2.42. The van der Waals surface area contributed by atoms with Crippen LogP contribution >= 0.6 is 11.3 Å². The Bertz CT molecular complexity index is 1140. The van der Waals surface area contributed by atoms with Gasteiger partial charge in [0, 0.05) is 24.7 Å². The second-order valence-corrected chi connectivity index (χ2v) is 10.9. The molecule has 0 saturated heterocycles. The van der Waals surface area contributed by atoms with Gasteiger partial charge in [-0.25, -0.2) is 4.98 Å². The van der Waals surface area contributed by atoms with Crippen molar-refractivity contribution in [1.29, 1.82) is 0 Å². The van der Waals surface area contributed by atoms with Crippen LogP contribution in [0.4, 0.5) is 0 Å². The number of aromatic nitrogens is 2. The molecule has 0 bridgehead atoms. The maximum Gasteiger partial charge on any atom is 0.290 e. The molecule has 1 aliphatic rings. The van der Waals surface area contributed by atoms with Gasteiger partial charge in [0.15, 0.2) is 5.82 Å². The van der Waals surface area contributed by atoms with Gasteiger partial charge in [-0.05, 0) is 74.2 Å². The fourth-order valence-electron chi connectivity index (χ4n) is 4.26. The summed E-state index contributed by atoms with van der Waals surface area (Å²) in [7, 11) is 3.60. The predicted octanol–water partition coefficient (Wildman–Crippen LogP) is 5.91. The zero-order valence-electron chi connectivity index (χ0n) is 20.2. The molecule has 0 fully saturated rings. The van der Waals surface area contributed by atoms with E-state index in [0.29, 0.717) is 11.7 Å². The van der Waals surface area contributed by atoms with E-state index >= 15 is 0 Å². The molecular formula is C26H33N3O2S. The summed E-state index contributed by atoms with van der Waals surface area (Å²) in [4.78, 5) is 21.3. The fourth-order valence-corrected chi connectivity index (χ4v) is 4.98. The Morgan fingerprint density at radius 3 is 2.66 bits per heavy atom. The third kappa shape index (κ3) is 3.96. The number of rotatable bonds is 5. The third-order valence-electron chi connectivity index (χ3n) is 6.22. The lowest BCUT2D eigenvalue weighted by molar-refractivity contribution is 0.0638. The number of amides is 1. The Morgan fingerprint density at radius 1 is 1.31 bits per heavy atom. The number of aryl methyl sites for hydroxylation is 1. The summed E-state index contributed by atoms with van der Waals surface area (Å²) < 4.78 is 7.87. The van der Waals surface area contributed by atoms with E-state index in [1.807, 2.05) is 33.9 Å². The van der Waals surface area contributed by atoms with Gasteiger partial charge in [-0.2, -0.15) is 0 Å². The molecule has 5 nitrogen and oxygen atoms in total. The van der Waals surface area contributed by atoms with Crippen LogP contribution in [-0.4, -0.2) is 40.1 Å². The van der Waals surface area contributed by atoms with Crippen molar-refractivity contribution in [2.45, 2.75) is 59.5 Å². The average Bonchev–Trinajstić information content (AvgIpc) is 3.38. The Balaban J connectivity index is 1.94. The van der Waals surface area contributed by atoms with E-state index in [-0.39, 0.29) is 11.4 Å². The van der Waals surface area contributed by atoms with E-state index in [1.54, 1.807) is 23.3 Å². The maximum atomic E-state index is 13.5. The maximum absolute atomic E-state index is 13.5. The van der Waals surface area contributed by atoms with E-state index < -0.39 is 0 Å². The number of fused-ring (bicyclic) bond motifs is 3. The summed E-state index contributed by atoms with van der Waals surface area (Å²) in [5, 5.41) is 2.06. The van der Waals surface area contributed by atoms with Crippen LogP contribution < -0.4 is 4.74 Å². The number of thiophene rings is 1. The first kappa shape index (κ1) is 22.6. The molecule has 0 saturated carbocycles. The molecule has 170 valence electrons. The highest BCUT2D eigenvalue weighted by molar-refractivity contribution is 7.13. The zero-order valence-corrected chi connectivity index (χ0v) is 21.0. The molecule has 3 aromatic rings. The number of carbonyl (C=O) groups is 1. The van der Waals surface area contributed by atoms with Gasteiger partial charge in [0.25, 0.3) is 5.91 Å². The van der Waals surface area contributed by atoms with Gasteiger partial charge in [-0.15, -0.1) is 11.3 Å². The SMILES string of the molecule is COc1cc2c(cc1CC(C)C)-c1c(-c3cccs3)nc(C(=O)N(C)C(C)(C)C)n1CC2. The molecule has 1 amide bonds. The average molecular weight is 452 g/mol. The number of hydrogen-bond donors (Lipinski definition) is 0. The van der Waals surface area contributed by atoms with Gasteiger partial charge in [0.2, 0.25) is 0 Å².